The van der Waals surface area contributed by atoms with Crippen LogP contribution in [0.5, 0.6) is 0 Å². The molecular weight excluding hydrogens is 175 g/mol. The molecule has 0 aliphatic carbocycles. The summed E-state index contributed by atoms with van der Waals surface area (Å²) in [4.78, 5) is 0. The Morgan fingerprint density at radius 1 is 1.43 bits per heavy atom. The van der Waals surface area contributed by atoms with Crippen LogP contribution in [0.15, 0.2) is 30.4 Å². The molecule has 1 rings (SSSR count). The van der Waals surface area contributed by atoms with Gasteiger partial charge in [0.2, 0.25) is 0 Å². The van der Waals surface area contributed by atoms with Gasteiger partial charge in [-0.25, -0.2) is 4.39 Å². The fraction of sp³-hybridized carbons (Fsp3) is 0.385. The highest BCUT2D eigenvalue weighted by Gasteiger charge is 2.05. The molecule has 1 unspecified atom stereocenters. The highest BCUT2D eigenvalue weighted by Crippen LogP contribution is 2.15. The summed E-state index contributed by atoms with van der Waals surface area (Å²) >= 11 is 0. The van der Waals surface area contributed by atoms with Crippen LogP contribution >= 0.6 is 0 Å². The van der Waals surface area contributed by atoms with E-state index >= 15 is 0 Å². The second-order valence-electron chi connectivity index (χ2n) is 3.80. The topological polar surface area (TPSA) is 0 Å². The van der Waals surface area contributed by atoms with E-state index in [1.807, 2.05) is 32.1 Å². The highest BCUT2D eigenvalue weighted by molar-refractivity contribution is 5.24. The lowest BCUT2D eigenvalue weighted by Crippen LogP contribution is -1.99. The zero-order valence-corrected chi connectivity index (χ0v) is 9.05. The monoisotopic (exact) mass is 192 g/mol. The van der Waals surface area contributed by atoms with Crippen LogP contribution in [0.3, 0.4) is 0 Å². The third-order valence-corrected chi connectivity index (χ3v) is 2.27. The van der Waals surface area contributed by atoms with Gasteiger partial charge in [-0.05, 0) is 43.4 Å². The van der Waals surface area contributed by atoms with Gasteiger partial charge in [0.15, 0.2) is 0 Å². The van der Waals surface area contributed by atoms with Gasteiger partial charge in [-0.15, -0.1) is 0 Å². The van der Waals surface area contributed by atoms with Crippen LogP contribution in [0, 0.1) is 18.7 Å². The molecule has 0 radical (unpaired) electrons. The second kappa shape index (κ2) is 4.94. The Labute approximate surface area is 85.5 Å². The quantitative estimate of drug-likeness (QED) is 0.637. The molecule has 0 nitrogen and oxygen atoms in total. The van der Waals surface area contributed by atoms with Crippen molar-refractivity contribution in [2.75, 3.05) is 0 Å². The van der Waals surface area contributed by atoms with Gasteiger partial charge >= 0.3 is 0 Å². The first-order valence-electron chi connectivity index (χ1n) is 5.01. The number of rotatable bonds is 3. The molecule has 0 aliphatic rings. The molecule has 0 N–H and O–H groups in total. The van der Waals surface area contributed by atoms with Crippen LogP contribution in [0.25, 0.3) is 0 Å². The number of benzene rings is 1. The van der Waals surface area contributed by atoms with E-state index in [9.17, 15) is 4.39 Å². The summed E-state index contributed by atoms with van der Waals surface area (Å²) in [5.41, 5.74) is 1.78. The van der Waals surface area contributed by atoms with E-state index in [1.165, 1.54) is 0 Å². The van der Waals surface area contributed by atoms with Crippen molar-refractivity contribution in [3.8, 4) is 0 Å². The summed E-state index contributed by atoms with van der Waals surface area (Å²) in [6.45, 7) is 5.99. The minimum atomic E-state index is -0.0821. The molecule has 0 amide bonds. The van der Waals surface area contributed by atoms with Gasteiger partial charge in [-0.2, -0.15) is 0 Å². The second-order valence-corrected chi connectivity index (χ2v) is 3.80. The molecule has 1 atom stereocenters. The molecule has 14 heavy (non-hydrogen) atoms. The van der Waals surface area contributed by atoms with E-state index in [0.29, 0.717) is 5.92 Å². The van der Waals surface area contributed by atoms with Gasteiger partial charge in [0.05, 0.1) is 0 Å². The predicted octanol–water partition coefficient (Wildman–Crippen LogP) is 3.89. The van der Waals surface area contributed by atoms with Crippen LogP contribution in [0.2, 0.25) is 0 Å². The summed E-state index contributed by atoms with van der Waals surface area (Å²) < 4.78 is 13.4. The normalized spacial score (nSPS) is 13.4. The van der Waals surface area contributed by atoms with Crippen molar-refractivity contribution in [2.45, 2.75) is 27.2 Å². The van der Waals surface area contributed by atoms with Crippen molar-refractivity contribution >= 4 is 0 Å². The minimum absolute atomic E-state index is 0.0821. The number of hydrogen-bond acceptors (Lipinski definition) is 0. The SMILES string of the molecule is C/C=C\C(C)Cc1ccc(C)cc1F. The van der Waals surface area contributed by atoms with E-state index < -0.39 is 0 Å². The number of halogens is 1. The fourth-order valence-corrected chi connectivity index (χ4v) is 1.56. The van der Waals surface area contributed by atoms with Crippen LogP contribution in [-0.4, -0.2) is 0 Å². The standard InChI is InChI=1S/C13H17F/c1-4-5-10(2)8-12-7-6-11(3)9-13(12)14/h4-7,9-10H,8H2,1-3H3/b5-4-. The van der Waals surface area contributed by atoms with Crippen LogP contribution < -0.4 is 0 Å². The fourth-order valence-electron chi connectivity index (χ4n) is 1.56. The van der Waals surface area contributed by atoms with Crippen LogP contribution in [0.4, 0.5) is 4.39 Å². The van der Waals surface area contributed by atoms with Crippen molar-refractivity contribution < 1.29 is 4.39 Å². The summed E-state index contributed by atoms with van der Waals surface area (Å²) in [6, 6.07) is 5.43. The number of allylic oxidation sites excluding steroid dienone is 2. The molecule has 0 aromatic heterocycles. The molecular formula is C13H17F. The maximum atomic E-state index is 13.4. The maximum absolute atomic E-state index is 13.4. The molecule has 0 aliphatic heterocycles. The van der Waals surface area contributed by atoms with Crippen molar-refractivity contribution in [1.82, 2.24) is 0 Å². The smallest absolute Gasteiger partial charge is 0.126 e. The molecule has 0 saturated heterocycles. The van der Waals surface area contributed by atoms with Gasteiger partial charge < -0.3 is 0 Å². The van der Waals surface area contributed by atoms with E-state index in [1.54, 1.807) is 6.07 Å². The lowest BCUT2D eigenvalue weighted by atomic mass is 9.99. The van der Waals surface area contributed by atoms with Gasteiger partial charge in [0.1, 0.15) is 5.82 Å². The maximum Gasteiger partial charge on any atom is 0.126 e. The first-order chi connectivity index (χ1) is 6.63. The lowest BCUT2D eigenvalue weighted by molar-refractivity contribution is 0.590. The molecule has 76 valence electrons. The van der Waals surface area contributed by atoms with E-state index in [4.69, 9.17) is 0 Å². The highest BCUT2D eigenvalue weighted by atomic mass is 19.1. The van der Waals surface area contributed by atoms with Gasteiger partial charge in [-0.1, -0.05) is 31.2 Å². The third kappa shape index (κ3) is 2.99. The molecule has 0 bridgehead atoms. The molecule has 0 heterocycles. The zero-order chi connectivity index (χ0) is 10.6. The molecule has 0 fully saturated rings. The first kappa shape index (κ1) is 11.0. The Morgan fingerprint density at radius 3 is 2.71 bits per heavy atom. The molecule has 0 saturated carbocycles. The van der Waals surface area contributed by atoms with Crippen LogP contribution in [0.1, 0.15) is 25.0 Å². The van der Waals surface area contributed by atoms with Crippen molar-refractivity contribution in [1.29, 1.82) is 0 Å². The lowest BCUT2D eigenvalue weighted by Gasteiger charge is -2.07. The Hall–Kier alpha value is -1.11. The van der Waals surface area contributed by atoms with E-state index in [2.05, 4.69) is 13.0 Å². The Bertz CT molecular complexity index is 326. The molecule has 0 spiro atoms. The van der Waals surface area contributed by atoms with Gasteiger partial charge in [0, 0.05) is 0 Å². The van der Waals surface area contributed by atoms with Gasteiger partial charge in [-0.3, -0.25) is 0 Å². The third-order valence-electron chi connectivity index (χ3n) is 2.27. The Balaban J connectivity index is 2.76. The Kier molecular flexibility index (Phi) is 3.87. The van der Waals surface area contributed by atoms with Crippen molar-refractivity contribution in [3.63, 3.8) is 0 Å². The Morgan fingerprint density at radius 2 is 2.14 bits per heavy atom. The summed E-state index contributed by atoms with van der Waals surface area (Å²) in [5.74, 6) is 0.318. The number of aryl methyl sites for hydroxylation is 1. The largest absolute Gasteiger partial charge is 0.207 e. The number of hydrogen-bond donors (Lipinski definition) is 0. The molecule has 1 aromatic carbocycles. The summed E-state index contributed by atoms with van der Waals surface area (Å²) in [5, 5.41) is 0. The van der Waals surface area contributed by atoms with Crippen LogP contribution in [-0.2, 0) is 6.42 Å². The molecule has 1 aromatic rings. The summed E-state index contributed by atoms with van der Waals surface area (Å²) in [7, 11) is 0. The van der Waals surface area contributed by atoms with E-state index in [-0.39, 0.29) is 5.82 Å². The molecule has 1 heteroatoms. The first-order valence-corrected chi connectivity index (χ1v) is 5.01. The van der Waals surface area contributed by atoms with Gasteiger partial charge in [0.25, 0.3) is 0 Å². The van der Waals surface area contributed by atoms with Crippen molar-refractivity contribution in [3.05, 3.63) is 47.3 Å². The van der Waals surface area contributed by atoms with E-state index in [0.717, 1.165) is 17.5 Å². The summed E-state index contributed by atoms with van der Waals surface area (Å²) in [6.07, 6.45) is 4.88. The zero-order valence-electron chi connectivity index (χ0n) is 9.05. The average molecular weight is 192 g/mol. The average Bonchev–Trinajstić information content (AvgIpc) is 2.10. The van der Waals surface area contributed by atoms with Crippen molar-refractivity contribution in [2.24, 2.45) is 5.92 Å². The predicted molar refractivity (Wildman–Crippen MR) is 58.8 cm³/mol. The minimum Gasteiger partial charge on any atom is -0.207 e.